The highest BCUT2D eigenvalue weighted by Gasteiger charge is 2.21. The summed E-state index contributed by atoms with van der Waals surface area (Å²) in [4.78, 5) is 4.61. The number of likely N-dealkylation sites (tertiary alicyclic amines) is 1. The molecule has 0 spiro atoms. The number of β-amino-alcohol motifs (C(OH)–C–C–N with tert-alkyl or cyclic N) is 1. The first-order chi connectivity index (χ1) is 12.1. The Kier molecular flexibility index (Phi) is 6.18. The molecule has 0 aliphatic carbocycles. The highest BCUT2D eigenvalue weighted by molar-refractivity contribution is 5.51. The first kappa shape index (κ1) is 18.0. The summed E-state index contributed by atoms with van der Waals surface area (Å²) in [7, 11) is 2.11. The maximum absolute atomic E-state index is 9.49. The van der Waals surface area contributed by atoms with Crippen LogP contribution < -0.4 is 0 Å². The van der Waals surface area contributed by atoms with Crippen molar-refractivity contribution in [1.82, 2.24) is 20.0 Å². The van der Waals surface area contributed by atoms with Gasteiger partial charge in [-0.15, -0.1) is 10.2 Å². The molecule has 1 aromatic heterocycles. The Morgan fingerprint density at radius 1 is 1.24 bits per heavy atom. The molecule has 6 nitrogen and oxygen atoms in total. The fourth-order valence-corrected chi connectivity index (χ4v) is 3.48. The molecule has 0 amide bonds. The summed E-state index contributed by atoms with van der Waals surface area (Å²) in [5.41, 5.74) is 0.953. The second-order valence-electron chi connectivity index (χ2n) is 7.16. The van der Waals surface area contributed by atoms with Crippen LogP contribution in [-0.4, -0.2) is 64.4 Å². The van der Waals surface area contributed by atoms with Gasteiger partial charge in [0.1, 0.15) is 0 Å². The number of piperidine rings is 1. The van der Waals surface area contributed by atoms with E-state index in [1.807, 2.05) is 37.3 Å². The molecule has 25 heavy (non-hydrogen) atoms. The van der Waals surface area contributed by atoms with Crippen LogP contribution in [0.3, 0.4) is 0 Å². The van der Waals surface area contributed by atoms with Crippen molar-refractivity contribution in [2.24, 2.45) is 5.92 Å². The largest absolute Gasteiger partial charge is 0.419 e. The zero-order valence-corrected chi connectivity index (χ0v) is 15.1. The number of hydrogen-bond donors (Lipinski definition) is 1. The molecule has 0 bridgehead atoms. The molecule has 1 saturated heterocycles. The standard InChI is InChI=1S/C19H28N4O2/c1-15(24)12-23-10-8-16(9-11-23)13-22(2)14-18-20-21-19(25-18)17-6-4-3-5-7-17/h3-7,15-16,24H,8-14H2,1-2H3/t15-/m1/s1. The van der Waals surface area contributed by atoms with E-state index in [1.54, 1.807) is 0 Å². The number of aromatic nitrogens is 2. The predicted octanol–water partition coefficient (Wildman–Crippen LogP) is 2.26. The van der Waals surface area contributed by atoms with Gasteiger partial charge in [-0.25, -0.2) is 0 Å². The number of hydrogen-bond acceptors (Lipinski definition) is 6. The first-order valence-corrected chi connectivity index (χ1v) is 9.07. The van der Waals surface area contributed by atoms with Crippen molar-refractivity contribution in [3.63, 3.8) is 0 Å². The van der Waals surface area contributed by atoms with Gasteiger partial charge in [-0.05, 0) is 58.0 Å². The lowest BCUT2D eigenvalue weighted by atomic mass is 9.96. The van der Waals surface area contributed by atoms with Crippen LogP contribution >= 0.6 is 0 Å². The zero-order chi connectivity index (χ0) is 17.6. The summed E-state index contributed by atoms with van der Waals surface area (Å²) in [6.45, 7) is 6.49. The van der Waals surface area contributed by atoms with Gasteiger partial charge in [0.2, 0.25) is 11.8 Å². The molecule has 1 aliphatic heterocycles. The Morgan fingerprint density at radius 2 is 1.96 bits per heavy atom. The number of rotatable bonds is 7. The van der Waals surface area contributed by atoms with Crippen molar-refractivity contribution in [3.05, 3.63) is 36.2 Å². The van der Waals surface area contributed by atoms with E-state index in [1.165, 1.54) is 12.8 Å². The Balaban J connectivity index is 1.46. The molecule has 136 valence electrons. The number of benzene rings is 1. The van der Waals surface area contributed by atoms with Gasteiger partial charge in [0.25, 0.3) is 0 Å². The molecule has 0 radical (unpaired) electrons. The lowest BCUT2D eigenvalue weighted by molar-refractivity contribution is 0.0911. The first-order valence-electron chi connectivity index (χ1n) is 9.07. The smallest absolute Gasteiger partial charge is 0.247 e. The quantitative estimate of drug-likeness (QED) is 0.831. The van der Waals surface area contributed by atoms with Crippen LogP contribution in [0.4, 0.5) is 0 Å². The summed E-state index contributed by atoms with van der Waals surface area (Å²) in [6.07, 6.45) is 2.11. The molecule has 0 unspecified atom stereocenters. The number of aliphatic hydroxyl groups excluding tert-OH is 1. The van der Waals surface area contributed by atoms with Gasteiger partial charge in [0.05, 0.1) is 12.6 Å². The van der Waals surface area contributed by atoms with Crippen LogP contribution in [0.1, 0.15) is 25.7 Å². The molecule has 1 atom stereocenters. The van der Waals surface area contributed by atoms with E-state index in [0.717, 1.165) is 31.7 Å². The fourth-order valence-electron chi connectivity index (χ4n) is 3.48. The van der Waals surface area contributed by atoms with Gasteiger partial charge in [-0.2, -0.15) is 0 Å². The van der Waals surface area contributed by atoms with E-state index in [9.17, 15) is 5.11 Å². The van der Waals surface area contributed by atoms with E-state index in [2.05, 4.69) is 27.0 Å². The molecule has 0 saturated carbocycles. The average Bonchev–Trinajstić information content (AvgIpc) is 3.05. The molecular weight excluding hydrogens is 316 g/mol. The Bertz CT molecular complexity index is 636. The normalized spacial score (nSPS) is 17.9. The summed E-state index contributed by atoms with van der Waals surface area (Å²) in [5.74, 6) is 1.93. The summed E-state index contributed by atoms with van der Waals surface area (Å²) >= 11 is 0. The zero-order valence-electron chi connectivity index (χ0n) is 15.1. The third kappa shape index (κ3) is 5.36. The van der Waals surface area contributed by atoms with Gasteiger partial charge in [-0.3, -0.25) is 4.90 Å². The van der Waals surface area contributed by atoms with Crippen molar-refractivity contribution in [2.45, 2.75) is 32.4 Å². The third-order valence-corrected chi connectivity index (χ3v) is 4.69. The molecule has 3 rings (SSSR count). The van der Waals surface area contributed by atoms with Gasteiger partial charge in [0.15, 0.2) is 0 Å². The SMILES string of the molecule is C[C@@H](O)CN1CCC(CN(C)Cc2nnc(-c3ccccc3)o2)CC1. The lowest BCUT2D eigenvalue weighted by Gasteiger charge is -2.34. The molecule has 1 N–H and O–H groups in total. The maximum Gasteiger partial charge on any atom is 0.247 e. The second-order valence-corrected chi connectivity index (χ2v) is 7.16. The van der Waals surface area contributed by atoms with Crippen LogP contribution in [0.25, 0.3) is 11.5 Å². The molecule has 6 heteroatoms. The van der Waals surface area contributed by atoms with Crippen molar-refractivity contribution in [2.75, 3.05) is 33.2 Å². The summed E-state index contributed by atoms with van der Waals surface area (Å²) in [5, 5.41) is 17.8. The van der Waals surface area contributed by atoms with Crippen LogP contribution in [0.15, 0.2) is 34.7 Å². The van der Waals surface area contributed by atoms with E-state index in [-0.39, 0.29) is 6.10 Å². The van der Waals surface area contributed by atoms with Gasteiger partial charge in [0, 0.05) is 18.7 Å². The maximum atomic E-state index is 9.49. The van der Waals surface area contributed by atoms with Crippen molar-refractivity contribution >= 4 is 0 Å². The Labute approximate surface area is 149 Å². The lowest BCUT2D eigenvalue weighted by Crippen LogP contribution is -2.40. The van der Waals surface area contributed by atoms with E-state index in [0.29, 0.717) is 24.2 Å². The number of aliphatic hydroxyl groups is 1. The monoisotopic (exact) mass is 344 g/mol. The van der Waals surface area contributed by atoms with Gasteiger partial charge in [-0.1, -0.05) is 18.2 Å². The highest BCUT2D eigenvalue weighted by atomic mass is 16.4. The highest BCUT2D eigenvalue weighted by Crippen LogP contribution is 2.20. The van der Waals surface area contributed by atoms with Crippen molar-refractivity contribution in [3.8, 4) is 11.5 Å². The Hall–Kier alpha value is -1.76. The summed E-state index contributed by atoms with van der Waals surface area (Å²) in [6, 6.07) is 9.86. The molecule has 2 heterocycles. The number of nitrogens with zero attached hydrogens (tertiary/aromatic N) is 4. The third-order valence-electron chi connectivity index (χ3n) is 4.69. The van der Waals surface area contributed by atoms with Crippen LogP contribution in [0.5, 0.6) is 0 Å². The van der Waals surface area contributed by atoms with Crippen molar-refractivity contribution < 1.29 is 9.52 Å². The molecule has 1 aromatic carbocycles. The summed E-state index contributed by atoms with van der Waals surface area (Å²) < 4.78 is 5.79. The topological polar surface area (TPSA) is 65.6 Å². The van der Waals surface area contributed by atoms with E-state index >= 15 is 0 Å². The minimum atomic E-state index is -0.240. The van der Waals surface area contributed by atoms with E-state index < -0.39 is 0 Å². The minimum absolute atomic E-state index is 0.240. The van der Waals surface area contributed by atoms with Gasteiger partial charge < -0.3 is 14.4 Å². The predicted molar refractivity (Wildman–Crippen MR) is 96.9 cm³/mol. The van der Waals surface area contributed by atoms with Gasteiger partial charge >= 0.3 is 0 Å². The minimum Gasteiger partial charge on any atom is -0.419 e. The molecular formula is C19H28N4O2. The Morgan fingerprint density at radius 3 is 2.64 bits per heavy atom. The molecule has 1 aliphatic rings. The van der Waals surface area contributed by atoms with Crippen LogP contribution in [0, 0.1) is 5.92 Å². The van der Waals surface area contributed by atoms with Crippen LogP contribution in [0.2, 0.25) is 0 Å². The average molecular weight is 344 g/mol. The molecule has 2 aromatic rings. The fraction of sp³-hybridized carbons (Fsp3) is 0.579. The van der Waals surface area contributed by atoms with Crippen molar-refractivity contribution in [1.29, 1.82) is 0 Å². The second kappa shape index (κ2) is 8.56. The molecule has 1 fully saturated rings. The van der Waals surface area contributed by atoms with Crippen LogP contribution in [-0.2, 0) is 6.54 Å². The van der Waals surface area contributed by atoms with E-state index in [4.69, 9.17) is 4.42 Å².